The van der Waals surface area contributed by atoms with Gasteiger partial charge in [-0.25, -0.2) is 0 Å². The summed E-state index contributed by atoms with van der Waals surface area (Å²) in [5, 5.41) is 12.2. The Morgan fingerprint density at radius 3 is 2.28 bits per heavy atom. The van der Waals surface area contributed by atoms with Crippen LogP contribution >= 0.6 is 0 Å². The average molecular weight is 253 g/mol. The van der Waals surface area contributed by atoms with Crippen LogP contribution < -0.4 is 5.32 Å². The first-order chi connectivity index (χ1) is 8.40. The number of amides is 1. The second kappa shape index (κ2) is 4.90. The molecule has 0 bridgehead atoms. The second-order valence-electron chi connectivity index (χ2n) is 6.38. The molecule has 2 aliphatic carbocycles. The summed E-state index contributed by atoms with van der Waals surface area (Å²) in [7, 11) is 0. The molecular formula is C14H23NO3. The third-order valence-electron chi connectivity index (χ3n) is 4.44. The Kier molecular flexibility index (Phi) is 3.64. The minimum Gasteiger partial charge on any atom is -0.481 e. The van der Waals surface area contributed by atoms with Crippen LogP contribution in [-0.2, 0) is 9.59 Å². The van der Waals surface area contributed by atoms with Gasteiger partial charge in [0, 0.05) is 11.5 Å². The summed E-state index contributed by atoms with van der Waals surface area (Å²) in [6.45, 7) is 4.14. The van der Waals surface area contributed by atoms with Crippen LogP contribution in [0.3, 0.4) is 0 Å². The van der Waals surface area contributed by atoms with E-state index in [9.17, 15) is 9.59 Å². The molecule has 4 nitrogen and oxygen atoms in total. The first kappa shape index (κ1) is 13.4. The normalized spacial score (nSPS) is 28.8. The molecule has 2 saturated carbocycles. The number of carbonyl (C=O) groups is 2. The molecule has 0 aliphatic heterocycles. The lowest BCUT2D eigenvalue weighted by molar-refractivity contribution is -0.144. The number of nitrogens with one attached hydrogen (secondary N) is 1. The van der Waals surface area contributed by atoms with Gasteiger partial charge in [0.2, 0.25) is 5.91 Å². The Morgan fingerprint density at radius 1 is 1.11 bits per heavy atom. The summed E-state index contributed by atoms with van der Waals surface area (Å²) < 4.78 is 0. The van der Waals surface area contributed by atoms with Crippen LogP contribution in [-0.4, -0.2) is 22.5 Å². The Morgan fingerprint density at radius 2 is 1.72 bits per heavy atom. The smallest absolute Gasteiger partial charge is 0.306 e. The molecule has 18 heavy (non-hydrogen) atoms. The highest BCUT2D eigenvalue weighted by Gasteiger charge is 2.40. The highest BCUT2D eigenvalue weighted by atomic mass is 16.4. The molecule has 0 aromatic rings. The molecule has 0 heterocycles. The van der Waals surface area contributed by atoms with E-state index >= 15 is 0 Å². The topological polar surface area (TPSA) is 66.4 Å². The van der Waals surface area contributed by atoms with Crippen molar-refractivity contribution in [1.82, 2.24) is 5.32 Å². The lowest BCUT2D eigenvalue weighted by Crippen LogP contribution is -2.48. The summed E-state index contributed by atoms with van der Waals surface area (Å²) in [6, 6.07) is 0. The van der Waals surface area contributed by atoms with E-state index in [1.54, 1.807) is 0 Å². The SMILES string of the molecule is CC(C)(NC(=O)C1CCCC(C(=O)O)C1)C1CC1. The number of hydrogen-bond acceptors (Lipinski definition) is 2. The van der Waals surface area contributed by atoms with Crippen molar-refractivity contribution in [1.29, 1.82) is 0 Å². The predicted molar refractivity (Wildman–Crippen MR) is 68.0 cm³/mol. The fourth-order valence-corrected chi connectivity index (χ4v) is 2.98. The second-order valence-corrected chi connectivity index (χ2v) is 6.38. The van der Waals surface area contributed by atoms with Gasteiger partial charge in [0.1, 0.15) is 0 Å². The van der Waals surface area contributed by atoms with Gasteiger partial charge in [-0.05, 0) is 51.9 Å². The first-order valence-electron chi connectivity index (χ1n) is 6.95. The maximum atomic E-state index is 12.2. The van der Waals surface area contributed by atoms with E-state index in [1.165, 1.54) is 12.8 Å². The highest BCUT2D eigenvalue weighted by molar-refractivity contribution is 5.80. The standard InChI is InChI=1S/C14H23NO3/c1-14(2,11-6-7-11)15-12(16)9-4-3-5-10(8-9)13(17)18/h9-11H,3-8H2,1-2H3,(H,15,16)(H,17,18). The van der Waals surface area contributed by atoms with Crippen LogP contribution in [0, 0.1) is 17.8 Å². The number of hydrogen-bond donors (Lipinski definition) is 2. The number of carboxylic acid groups (broad SMARTS) is 1. The number of carboxylic acids is 1. The van der Waals surface area contributed by atoms with Crippen molar-refractivity contribution >= 4 is 11.9 Å². The molecule has 0 spiro atoms. The molecule has 2 rings (SSSR count). The van der Waals surface area contributed by atoms with Gasteiger partial charge in [0.25, 0.3) is 0 Å². The van der Waals surface area contributed by atoms with Crippen molar-refractivity contribution in [3.05, 3.63) is 0 Å². The zero-order chi connectivity index (χ0) is 13.3. The third-order valence-corrected chi connectivity index (χ3v) is 4.44. The maximum absolute atomic E-state index is 12.2. The Bertz CT molecular complexity index is 347. The summed E-state index contributed by atoms with van der Waals surface area (Å²) >= 11 is 0. The molecular weight excluding hydrogens is 230 g/mol. The van der Waals surface area contributed by atoms with Gasteiger partial charge in [-0.1, -0.05) is 6.42 Å². The number of carbonyl (C=O) groups excluding carboxylic acids is 1. The van der Waals surface area contributed by atoms with Crippen LogP contribution in [0.1, 0.15) is 52.4 Å². The molecule has 0 aromatic heterocycles. The summed E-state index contributed by atoms with van der Waals surface area (Å²) in [6.07, 6.45) is 5.27. The average Bonchev–Trinajstić information content (AvgIpc) is 3.12. The van der Waals surface area contributed by atoms with Gasteiger partial charge in [-0.15, -0.1) is 0 Å². The van der Waals surface area contributed by atoms with Crippen LogP contribution in [0.4, 0.5) is 0 Å². The van der Waals surface area contributed by atoms with Crippen LogP contribution in [0.2, 0.25) is 0 Å². The van der Waals surface area contributed by atoms with Crippen molar-refractivity contribution in [2.45, 2.75) is 57.9 Å². The molecule has 2 aliphatic rings. The van der Waals surface area contributed by atoms with Crippen molar-refractivity contribution < 1.29 is 14.7 Å². The molecule has 1 amide bonds. The lowest BCUT2D eigenvalue weighted by atomic mass is 9.80. The van der Waals surface area contributed by atoms with Gasteiger partial charge < -0.3 is 10.4 Å². The van der Waals surface area contributed by atoms with Gasteiger partial charge in [-0.2, -0.15) is 0 Å². The molecule has 0 radical (unpaired) electrons. The summed E-state index contributed by atoms with van der Waals surface area (Å²) in [4.78, 5) is 23.2. The monoisotopic (exact) mass is 253 g/mol. The fraction of sp³-hybridized carbons (Fsp3) is 0.857. The molecule has 2 unspecified atom stereocenters. The molecule has 4 heteroatoms. The van der Waals surface area contributed by atoms with Crippen molar-refractivity contribution in [2.75, 3.05) is 0 Å². The molecule has 2 N–H and O–H groups in total. The first-order valence-corrected chi connectivity index (χ1v) is 6.95. The largest absolute Gasteiger partial charge is 0.481 e. The molecule has 0 aromatic carbocycles. The zero-order valence-corrected chi connectivity index (χ0v) is 11.2. The van der Waals surface area contributed by atoms with Gasteiger partial charge in [0.15, 0.2) is 0 Å². The van der Waals surface area contributed by atoms with E-state index in [2.05, 4.69) is 19.2 Å². The number of rotatable bonds is 4. The van der Waals surface area contributed by atoms with E-state index in [1.807, 2.05) is 0 Å². The Labute approximate surface area is 108 Å². The van der Waals surface area contributed by atoms with Gasteiger partial charge in [0.05, 0.1) is 5.92 Å². The van der Waals surface area contributed by atoms with E-state index in [0.29, 0.717) is 18.8 Å². The van der Waals surface area contributed by atoms with Crippen molar-refractivity contribution in [3.63, 3.8) is 0 Å². The van der Waals surface area contributed by atoms with Crippen LogP contribution in [0.5, 0.6) is 0 Å². The minimum atomic E-state index is -0.756. The van der Waals surface area contributed by atoms with Gasteiger partial charge in [-0.3, -0.25) is 9.59 Å². The molecule has 0 saturated heterocycles. The van der Waals surface area contributed by atoms with Crippen LogP contribution in [0.25, 0.3) is 0 Å². The molecule has 2 fully saturated rings. The minimum absolute atomic E-state index is 0.0536. The predicted octanol–water partition coefficient (Wildman–Crippen LogP) is 2.18. The number of aliphatic carboxylic acids is 1. The molecule has 2 atom stereocenters. The lowest BCUT2D eigenvalue weighted by Gasteiger charge is -2.31. The van der Waals surface area contributed by atoms with E-state index < -0.39 is 5.97 Å². The Hall–Kier alpha value is -1.06. The quantitative estimate of drug-likeness (QED) is 0.807. The van der Waals surface area contributed by atoms with Crippen molar-refractivity contribution in [2.24, 2.45) is 17.8 Å². The zero-order valence-electron chi connectivity index (χ0n) is 11.2. The molecule has 102 valence electrons. The Balaban J connectivity index is 1.90. The summed E-state index contributed by atoms with van der Waals surface area (Å²) in [5.41, 5.74) is -0.132. The van der Waals surface area contributed by atoms with Gasteiger partial charge >= 0.3 is 5.97 Å². The van der Waals surface area contributed by atoms with E-state index in [0.717, 1.165) is 12.8 Å². The van der Waals surface area contributed by atoms with E-state index in [-0.39, 0.29) is 23.3 Å². The van der Waals surface area contributed by atoms with Crippen LogP contribution in [0.15, 0.2) is 0 Å². The van der Waals surface area contributed by atoms with Crippen molar-refractivity contribution in [3.8, 4) is 0 Å². The fourth-order valence-electron chi connectivity index (χ4n) is 2.98. The van der Waals surface area contributed by atoms with E-state index in [4.69, 9.17) is 5.11 Å². The third kappa shape index (κ3) is 3.03. The maximum Gasteiger partial charge on any atom is 0.306 e. The highest BCUT2D eigenvalue weighted by Crippen LogP contribution is 2.39. The summed E-state index contributed by atoms with van der Waals surface area (Å²) in [5.74, 6) is -0.552.